The van der Waals surface area contributed by atoms with E-state index in [1.807, 2.05) is 54.6 Å². The molecule has 1 saturated heterocycles. The lowest BCUT2D eigenvalue weighted by Crippen LogP contribution is -2.27. The summed E-state index contributed by atoms with van der Waals surface area (Å²) in [5.41, 5.74) is 2.63. The summed E-state index contributed by atoms with van der Waals surface area (Å²) in [5.74, 6) is -0.0773. The van der Waals surface area contributed by atoms with E-state index in [2.05, 4.69) is 0 Å². The van der Waals surface area contributed by atoms with Crippen molar-refractivity contribution in [2.75, 3.05) is 4.90 Å². The number of hydrogen-bond donors (Lipinski definition) is 0. The molecular formula is C17H13NO2. The Kier molecular flexibility index (Phi) is 2.30. The van der Waals surface area contributed by atoms with E-state index in [1.54, 1.807) is 4.90 Å². The number of fused-ring (bicyclic) bond motifs is 3. The highest BCUT2D eigenvalue weighted by atomic mass is 16.2. The highest BCUT2D eigenvalue weighted by molar-refractivity contribution is 6.11. The topological polar surface area (TPSA) is 37.4 Å². The third kappa shape index (κ3) is 1.40. The van der Waals surface area contributed by atoms with Crippen molar-refractivity contribution in [3.8, 4) is 0 Å². The first-order valence-electron chi connectivity index (χ1n) is 6.77. The summed E-state index contributed by atoms with van der Waals surface area (Å²) in [7, 11) is 0. The SMILES string of the molecule is O=C1c2ccccc2[C@H]2[C@@H]1CC(=O)N2c1ccccc1. The molecule has 1 fully saturated rings. The predicted molar refractivity (Wildman–Crippen MR) is 75.5 cm³/mol. The van der Waals surface area contributed by atoms with Gasteiger partial charge in [0.1, 0.15) is 0 Å². The van der Waals surface area contributed by atoms with Gasteiger partial charge in [0.2, 0.25) is 5.91 Å². The zero-order valence-electron chi connectivity index (χ0n) is 10.8. The first kappa shape index (κ1) is 11.4. The molecule has 98 valence electrons. The van der Waals surface area contributed by atoms with Crippen LogP contribution in [0.3, 0.4) is 0 Å². The van der Waals surface area contributed by atoms with E-state index in [1.165, 1.54) is 0 Å². The maximum Gasteiger partial charge on any atom is 0.228 e. The van der Waals surface area contributed by atoms with Gasteiger partial charge in [0, 0.05) is 17.7 Å². The van der Waals surface area contributed by atoms with E-state index in [9.17, 15) is 9.59 Å². The number of amides is 1. The quantitative estimate of drug-likeness (QED) is 0.793. The molecule has 4 rings (SSSR count). The zero-order chi connectivity index (χ0) is 13.7. The summed E-state index contributed by atoms with van der Waals surface area (Å²) in [6.45, 7) is 0. The lowest BCUT2D eigenvalue weighted by molar-refractivity contribution is -0.117. The molecule has 0 radical (unpaired) electrons. The van der Waals surface area contributed by atoms with Gasteiger partial charge in [0.15, 0.2) is 5.78 Å². The largest absolute Gasteiger partial charge is 0.304 e. The number of Topliss-reactive ketones (excluding diaryl/α,β-unsaturated/α-hetero) is 1. The van der Waals surface area contributed by atoms with Crippen LogP contribution >= 0.6 is 0 Å². The van der Waals surface area contributed by atoms with Crippen LogP contribution < -0.4 is 4.90 Å². The molecular weight excluding hydrogens is 250 g/mol. The summed E-state index contributed by atoms with van der Waals surface area (Å²) in [6.07, 6.45) is 0.313. The molecule has 2 aromatic rings. The van der Waals surface area contributed by atoms with Gasteiger partial charge in [-0.1, -0.05) is 42.5 Å². The zero-order valence-corrected chi connectivity index (χ0v) is 10.8. The minimum absolute atomic E-state index is 0.0362. The first-order chi connectivity index (χ1) is 9.77. The Bertz CT molecular complexity index is 708. The summed E-state index contributed by atoms with van der Waals surface area (Å²) >= 11 is 0. The number of rotatable bonds is 1. The molecule has 2 aromatic carbocycles. The summed E-state index contributed by atoms with van der Waals surface area (Å²) in [4.78, 5) is 26.5. The normalized spacial score (nSPS) is 23.9. The van der Waals surface area contributed by atoms with Crippen LogP contribution in [0, 0.1) is 5.92 Å². The lowest BCUT2D eigenvalue weighted by Gasteiger charge is -2.24. The molecule has 2 atom stereocenters. The minimum atomic E-state index is -0.222. The molecule has 1 amide bonds. The molecule has 0 aromatic heterocycles. The number of benzene rings is 2. The van der Waals surface area contributed by atoms with Crippen LogP contribution in [-0.2, 0) is 4.79 Å². The first-order valence-corrected chi connectivity index (χ1v) is 6.77. The van der Waals surface area contributed by atoms with E-state index in [0.29, 0.717) is 6.42 Å². The third-order valence-corrected chi connectivity index (χ3v) is 4.24. The Labute approximate surface area is 116 Å². The molecule has 20 heavy (non-hydrogen) atoms. The van der Waals surface area contributed by atoms with Gasteiger partial charge < -0.3 is 4.90 Å². The predicted octanol–water partition coefficient (Wildman–Crippen LogP) is 2.98. The van der Waals surface area contributed by atoms with Crippen LogP contribution in [0.1, 0.15) is 28.4 Å². The van der Waals surface area contributed by atoms with Crippen molar-refractivity contribution in [3.63, 3.8) is 0 Å². The van der Waals surface area contributed by atoms with Crippen LogP contribution in [0.5, 0.6) is 0 Å². The van der Waals surface area contributed by atoms with Crippen molar-refractivity contribution < 1.29 is 9.59 Å². The van der Waals surface area contributed by atoms with Crippen molar-refractivity contribution >= 4 is 17.4 Å². The average molecular weight is 263 g/mol. The van der Waals surface area contributed by atoms with Gasteiger partial charge in [0.25, 0.3) is 0 Å². The Morgan fingerprint density at radius 1 is 0.900 bits per heavy atom. The second-order valence-corrected chi connectivity index (χ2v) is 5.31. The number of carbonyl (C=O) groups is 2. The van der Waals surface area contributed by atoms with Gasteiger partial charge in [-0.05, 0) is 17.7 Å². The third-order valence-electron chi connectivity index (χ3n) is 4.24. The Balaban J connectivity index is 1.87. The Morgan fingerprint density at radius 2 is 1.60 bits per heavy atom. The highest BCUT2D eigenvalue weighted by Crippen LogP contribution is 2.48. The average Bonchev–Trinajstić information content (AvgIpc) is 2.96. The Hall–Kier alpha value is -2.42. The van der Waals surface area contributed by atoms with Crippen molar-refractivity contribution in [3.05, 3.63) is 65.7 Å². The van der Waals surface area contributed by atoms with E-state index < -0.39 is 0 Å². The van der Waals surface area contributed by atoms with E-state index in [4.69, 9.17) is 0 Å². The molecule has 0 saturated carbocycles. The van der Waals surface area contributed by atoms with Crippen molar-refractivity contribution in [1.29, 1.82) is 0 Å². The minimum Gasteiger partial charge on any atom is -0.304 e. The van der Waals surface area contributed by atoms with Gasteiger partial charge in [-0.25, -0.2) is 0 Å². The van der Waals surface area contributed by atoms with Crippen molar-refractivity contribution in [2.45, 2.75) is 12.5 Å². The molecule has 0 spiro atoms. The fourth-order valence-electron chi connectivity index (χ4n) is 3.40. The smallest absolute Gasteiger partial charge is 0.228 e. The number of ketones is 1. The summed E-state index contributed by atoms with van der Waals surface area (Å²) < 4.78 is 0. The molecule has 0 bridgehead atoms. The van der Waals surface area contributed by atoms with Crippen LogP contribution in [0.4, 0.5) is 5.69 Å². The van der Waals surface area contributed by atoms with E-state index in [0.717, 1.165) is 16.8 Å². The molecule has 1 aliphatic heterocycles. The van der Waals surface area contributed by atoms with Crippen molar-refractivity contribution in [2.24, 2.45) is 5.92 Å². The molecule has 3 heteroatoms. The van der Waals surface area contributed by atoms with Crippen LogP contribution in [-0.4, -0.2) is 11.7 Å². The summed E-state index contributed by atoms with van der Waals surface area (Å²) in [5, 5.41) is 0. The fourth-order valence-corrected chi connectivity index (χ4v) is 3.40. The number of nitrogens with zero attached hydrogens (tertiary/aromatic N) is 1. The van der Waals surface area contributed by atoms with Gasteiger partial charge in [0.05, 0.1) is 12.0 Å². The van der Waals surface area contributed by atoms with Crippen LogP contribution in [0.25, 0.3) is 0 Å². The highest BCUT2D eigenvalue weighted by Gasteiger charge is 2.50. The van der Waals surface area contributed by atoms with Crippen molar-refractivity contribution in [1.82, 2.24) is 0 Å². The fraction of sp³-hybridized carbons (Fsp3) is 0.176. The monoisotopic (exact) mass is 263 g/mol. The van der Waals surface area contributed by atoms with Gasteiger partial charge >= 0.3 is 0 Å². The molecule has 3 nitrogen and oxygen atoms in total. The maximum atomic E-state index is 12.4. The standard InChI is InChI=1S/C17H13NO2/c19-15-10-14-16(18(15)11-6-2-1-3-7-11)12-8-4-5-9-13(12)17(14)20/h1-9,14,16H,10H2/t14-,16-/m0/s1. The number of anilines is 1. The lowest BCUT2D eigenvalue weighted by atomic mass is 10.0. The Morgan fingerprint density at radius 3 is 2.40 bits per heavy atom. The molecule has 1 heterocycles. The van der Waals surface area contributed by atoms with Gasteiger partial charge in [-0.15, -0.1) is 0 Å². The molecule has 0 N–H and O–H groups in total. The van der Waals surface area contributed by atoms with E-state index in [-0.39, 0.29) is 23.7 Å². The second kappa shape index (κ2) is 4.04. The number of hydrogen-bond acceptors (Lipinski definition) is 2. The maximum absolute atomic E-state index is 12.4. The second-order valence-electron chi connectivity index (χ2n) is 5.31. The van der Waals surface area contributed by atoms with Gasteiger partial charge in [-0.3, -0.25) is 9.59 Å². The van der Waals surface area contributed by atoms with Crippen LogP contribution in [0.2, 0.25) is 0 Å². The van der Waals surface area contributed by atoms with Crippen LogP contribution in [0.15, 0.2) is 54.6 Å². The number of para-hydroxylation sites is 1. The van der Waals surface area contributed by atoms with Gasteiger partial charge in [-0.2, -0.15) is 0 Å². The number of carbonyl (C=O) groups excluding carboxylic acids is 2. The molecule has 2 aliphatic rings. The molecule has 0 unspecified atom stereocenters. The summed E-state index contributed by atoms with van der Waals surface area (Å²) in [6, 6.07) is 17.1. The van der Waals surface area contributed by atoms with E-state index >= 15 is 0 Å². The molecule has 1 aliphatic carbocycles.